The van der Waals surface area contributed by atoms with Crippen molar-refractivity contribution in [2.24, 2.45) is 5.73 Å². The monoisotopic (exact) mass is 230 g/mol. The second-order valence-electron chi connectivity index (χ2n) is 3.71. The molecule has 4 nitrogen and oxygen atoms in total. The summed E-state index contributed by atoms with van der Waals surface area (Å²) in [5, 5.41) is 0. The highest BCUT2D eigenvalue weighted by Crippen LogP contribution is 2.09. The Morgan fingerprint density at radius 1 is 1.53 bits per heavy atom. The maximum atomic E-state index is 11.3. The van der Waals surface area contributed by atoms with Crippen LogP contribution in [0.1, 0.15) is 25.5 Å². The molecule has 1 heterocycles. The van der Waals surface area contributed by atoms with Crippen LogP contribution >= 0.6 is 0 Å². The normalized spacial score (nSPS) is 14.1. The molecule has 0 fully saturated rings. The van der Waals surface area contributed by atoms with Gasteiger partial charge in [-0.15, -0.1) is 0 Å². The molecule has 0 aliphatic rings. The molecule has 0 aromatic carbocycles. The van der Waals surface area contributed by atoms with Crippen LogP contribution in [0.4, 0.5) is 0 Å². The lowest BCUT2D eigenvalue weighted by atomic mass is 10.2. The largest absolute Gasteiger partial charge is 0.353 e. The molecular weight excluding hydrogens is 212 g/mol. The Kier molecular flexibility index (Phi) is 3.93. The van der Waals surface area contributed by atoms with Gasteiger partial charge >= 0.3 is 0 Å². The number of hydrogen-bond donors (Lipinski definition) is 1. The second kappa shape index (κ2) is 4.81. The predicted molar refractivity (Wildman–Crippen MR) is 61.4 cm³/mol. The fraction of sp³-hybridized carbons (Fsp3) is 0.600. The zero-order valence-electron chi connectivity index (χ0n) is 9.18. The van der Waals surface area contributed by atoms with Crippen LogP contribution < -0.4 is 5.73 Å². The average molecular weight is 230 g/mol. The van der Waals surface area contributed by atoms with Gasteiger partial charge in [-0.25, -0.2) is 8.42 Å². The molecule has 5 heteroatoms. The lowest BCUT2D eigenvalue weighted by molar-refractivity contribution is 0.590. The molecule has 1 atom stereocenters. The van der Waals surface area contributed by atoms with Crippen LogP contribution in [0.2, 0.25) is 0 Å². The quantitative estimate of drug-likeness (QED) is 0.818. The van der Waals surface area contributed by atoms with E-state index < -0.39 is 9.84 Å². The van der Waals surface area contributed by atoms with E-state index >= 15 is 0 Å². The minimum Gasteiger partial charge on any atom is -0.353 e. The number of sulfone groups is 1. The summed E-state index contributed by atoms with van der Waals surface area (Å²) in [6, 6.07) is 1.91. The summed E-state index contributed by atoms with van der Waals surface area (Å²) < 4.78 is 24.4. The summed E-state index contributed by atoms with van der Waals surface area (Å²) in [6.45, 7) is 4.07. The van der Waals surface area contributed by atoms with Crippen molar-refractivity contribution >= 4 is 9.84 Å². The van der Waals surface area contributed by atoms with Crippen molar-refractivity contribution in [1.29, 1.82) is 0 Å². The topological polar surface area (TPSA) is 65.1 Å². The molecule has 0 saturated carbocycles. The van der Waals surface area contributed by atoms with E-state index in [0.29, 0.717) is 6.54 Å². The van der Waals surface area contributed by atoms with Gasteiger partial charge in [-0.2, -0.15) is 0 Å². The van der Waals surface area contributed by atoms with E-state index in [-0.39, 0.29) is 17.5 Å². The molecule has 0 spiro atoms. The van der Waals surface area contributed by atoms with E-state index in [1.807, 2.05) is 30.0 Å². The molecule has 0 aliphatic heterocycles. The summed E-state index contributed by atoms with van der Waals surface area (Å²) in [5.74, 6) is 0.394. The zero-order valence-corrected chi connectivity index (χ0v) is 10.00. The zero-order chi connectivity index (χ0) is 11.5. The van der Waals surface area contributed by atoms with Gasteiger partial charge in [0.1, 0.15) is 0 Å². The number of nitrogens with two attached hydrogens (primary N) is 1. The molecule has 1 rings (SSSR count). The van der Waals surface area contributed by atoms with Crippen LogP contribution in [0.3, 0.4) is 0 Å². The molecular formula is C10H18N2O2S. The van der Waals surface area contributed by atoms with Gasteiger partial charge in [-0.05, 0) is 18.6 Å². The first-order valence-electron chi connectivity index (χ1n) is 5.06. The van der Waals surface area contributed by atoms with Gasteiger partial charge in [-0.1, -0.05) is 6.92 Å². The van der Waals surface area contributed by atoms with Gasteiger partial charge in [-0.3, -0.25) is 0 Å². The first-order valence-corrected chi connectivity index (χ1v) is 6.88. The third-order valence-corrected chi connectivity index (χ3v) is 4.08. The molecule has 2 N–H and O–H groups in total. The third-order valence-electron chi connectivity index (χ3n) is 2.40. The van der Waals surface area contributed by atoms with Crippen molar-refractivity contribution in [3.8, 4) is 0 Å². The minimum absolute atomic E-state index is 0.00553. The molecule has 0 saturated heterocycles. The summed E-state index contributed by atoms with van der Waals surface area (Å²) in [4.78, 5) is 0. The Bertz CT molecular complexity index is 407. The van der Waals surface area contributed by atoms with E-state index in [4.69, 9.17) is 5.73 Å². The second-order valence-corrected chi connectivity index (χ2v) is 6.18. The first kappa shape index (κ1) is 12.3. The Hall–Kier alpha value is -0.810. The SMILES string of the molecule is CCS(=O)(=O)CCn1ccc(C(C)N)c1. The molecule has 86 valence electrons. The third kappa shape index (κ3) is 3.68. The van der Waals surface area contributed by atoms with Crippen LogP contribution in [0.25, 0.3) is 0 Å². The lowest BCUT2D eigenvalue weighted by Crippen LogP contribution is -2.13. The number of nitrogens with zero attached hydrogens (tertiary/aromatic N) is 1. The van der Waals surface area contributed by atoms with Crippen LogP contribution in [0, 0.1) is 0 Å². The molecule has 15 heavy (non-hydrogen) atoms. The van der Waals surface area contributed by atoms with E-state index in [2.05, 4.69) is 0 Å². The lowest BCUT2D eigenvalue weighted by Gasteiger charge is -2.03. The molecule has 0 bridgehead atoms. The molecule has 0 radical (unpaired) electrons. The summed E-state index contributed by atoms with van der Waals surface area (Å²) in [6.07, 6.45) is 3.76. The highest BCUT2D eigenvalue weighted by Gasteiger charge is 2.08. The first-order chi connectivity index (χ1) is 6.94. The van der Waals surface area contributed by atoms with Crippen molar-refractivity contribution in [3.63, 3.8) is 0 Å². The van der Waals surface area contributed by atoms with Crippen LogP contribution in [-0.4, -0.2) is 24.5 Å². The fourth-order valence-corrected chi connectivity index (χ4v) is 2.03. The van der Waals surface area contributed by atoms with E-state index in [9.17, 15) is 8.42 Å². The number of hydrogen-bond acceptors (Lipinski definition) is 3. The summed E-state index contributed by atoms with van der Waals surface area (Å²) in [7, 11) is -2.88. The minimum atomic E-state index is -2.88. The van der Waals surface area contributed by atoms with Crippen LogP contribution in [0.5, 0.6) is 0 Å². The smallest absolute Gasteiger partial charge is 0.151 e. The van der Waals surface area contributed by atoms with Gasteiger partial charge in [0.15, 0.2) is 9.84 Å². The van der Waals surface area contributed by atoms with Gasteiger partial charge in [0.25, 0.3) is 0 Å². The highest BCUT2D eigenvalue weighted by molar-refractivity contribution is 7.91. The number of aromatic nitrogens is 1. The standard InChI is InChI=1S/C10H18N2O2S/c1-3-15(13,14)7-6-12-5-4-10(8-12)9(2)11/h4-5,8-9H,3,6-7,11H2,1-2H3. The van der Waals surface area contributed by atoms with Crippen molar-refractivity contribution in [3.05, 3.63) is 24.0 Å². The molecule has 1 aromatic heterocycles. The Morgan fingerprint density at radius 2 is 2.20 bits per heavy atom. The van der Waals surface area contributed by atoms with Crippen molar-refractivity contribution in [2.45, 2.75) is 26.4 Å². The van der Waals surface area contributed by atoms with Crippen molar-refractivity contribution in [2.75, 3.05) is 11.5 Å². The summed E-state index contributed by atoms with van der Waals surface area (Å²) >= 11 is 0. The Morgan fingerprint density at radius 3 is 2.67 bits per heavy atom. The van der Waals surface area contributed by atoms with Gasteiger partial charge in [0.2, 0.25) is 0 Å². The number of aryl methyl sites for hydroxylation is 1. The van der Waals surface area contributed by atoms with Crippen molar-refractivity contribution < 1.29 is 8.42 Å². The summed E-state index contributed by atoms with van der Waals surface area (Å²) in [5.41, 5.74) is 6.73. The highest BCUT2D eigenvalue weighted by atomic mass is 32.2. The van der Waals surface area contributed by atoms with Gasteiger partial charge < -0.3 is 10.3 Å². The predicted octanol–water partition coefficient (Wildman–Crippen LogP) is 0.942. The maximum Gasteiger partial charge on any atom is 0.151 e. The Balaban J connectivity index is 2.59. The van der Waals surface area contributed by atoms with Crippen LogP contribution in [0.15, 0.2) is 18.5 Å². The average Bonchev–Trinajstić information content (AvgIpc) is 2.63. The van der Waals surface area contributed by atoms with Gasteiger partial charge in [0.05, 0.1) is 5.75 Å². The van der Waals surface area contributed by atoms with Crippen molar-refractivity contribution in [1.82, 2.24) is 4.57 Å². The fourth-order valence-electron chi connectivity index (χ4n) is 1.26. The van der Waals surface area contributed by atoms with Gasteiger partial charge in [0, 0.05) is 30.7 Å². The molecule has 0 amide bonds. The Labute approximate surface area is 91.0 Å². The molecule has 0 aliphatic carbocycles. The maximum absolute atomic E-state index is 11.3. The molecule has 1 aromatic rings. The number of rotatable bonds is 5. The van der Waals surface area contributed by atoms with Crippen LogP contribution in [-0.2, 0) is 16.4 Å². The van der Waals surface area contributed by atoms with E-state index in [1.54, 1.807) is 6.92 Å². The van der Waals surface area contributed by atoms with E-state index in [1.165, 1.54) is 0 Å². The molecule has 1 unspecified atom stereocenters. The van der Waals surface area contributed by atoms with E-state index in [0.717, 1.165) is 5.56 Å².